The van der Waals surface area contributed by atoms with E-state index in [1.807, 2.05) is 96.9 Å². The highest BCUT2D eigenvalue weighted by atomic mass is 16.2. The average molecular weight is 649 g/mol. The van der Waals surface area contributed by atoms with Crippen LogP contribution in [0.25, 0.3) is 21.8 Å². The van der Waals surface area contributed by atoms with Crippen molar-refractivity contribution in [3.05, 3.63) is 72.1 Å². The number of guanidine groups is 1. The van der Waals surface area contributed by atoms with Gasteiger partial charge in [0, 0.05) is 42.8 Å². The van der Waals surface area contributed by atoms with E-state index in [-0.39, 0.29) is 17.8 Å². The standard InChI is InChI=1S/C17H26N6O.C16H24N4O.C2H6/c1-22(2)10-8-12-11-23(15-6-4-3-5-13(12)15)16(24)14(18)7-9-21-17(19)20;1-19(2)10-8-12-11-20(16(21)14(18)7-9-17)15-6-4-3-5-13(12)15;1-2/h3-6,11,14H,7-10,18H2,1-2H3,(H4,19,20,21);3-6,11,14H,7-10,17-18H2,1-2H3;1-2H3. The van der Waals surface area contributed by atoms with Crippen LogP contribution in [-0.4, -0.2) is 103 Å². The molecule has 0 amide bonds. The molecule has 0 saturated heterocycles. The van der Waals surface area contributed by atoms with Crippen molar-refractivity contribution in [3.63, 3.8) is 0 Å². The van der Waals surface area contributed by atoms with Gasteiger partial charge in [-0.15, -0.1) is 0 Å². The third-order valence-electron chi connectivity index (χ3n) is 7.57. The van der Waals surface area contributed by atoms with Crippen LogP contribution in [-0.2, 0) is 12.8 Å². The van der Waals surface area contributed by atoms with Crippen molar-refractivity contribution in [2.45, 2.75) is 51.6 Å². The second-order valence-corrected chi connectivity index (χ2v) is 11.8. The Morgan fingerprint density at radius 2 is 1.13 bits per heavy atom. The molecule has 12 nitrogen and oxygen atoms in total. The van der Waals surface area contributed by atoms with Gasteiger partial charge in [0.05, 0.1) is 23.1 Å². The van der Waals surface area contributed by atoms with E-state index in [1.165, 1.54) is 5.56 Å². The van der Waals surface area contributed by atoms with Gasteiger partial charge in [-0.25, -0.2) is 0 Å². The van der Waals surface area contributed by atoms with E-state index in [2.05, 4.69) is 20.9 Å². The zero-order chi connectivity index (χ0) is 35.1. The van der Waals surface area contributed by atoms with Crippen LogP contribution in [0.4, 0.5) is 0 Å². The van der Waals surface area contributed by atoms with Gasteiger partial charge in [0.2, 0.25) is 11.8 Å². The van der Waals surface area contributed by atoms with Crippen LogP contribution >= 0.6 is 0 Å². The van der Waals surface area contributed by atoms with Crippen LogP contribution in [0.3, 0.4) is 0 Å². The minimum atomic E-state index is -0.648. The molecule has 2 aromatic heterocycles. The van der Waals surface area contributed by atoms with Gasteiger partial charge in [-0.2, -0.15) is 0 Å². The van der Waals surface area contributed by atoms with E-state index in [0.717, 1.165) is 53.3 Å². The molecule has 2 unspecified atom stereocenters. The third-order valence-corrected chi connectivity index (χ3v) is 7.57. The zero-order valence-corrected chi connectivity index (χ0v) is 29.0. The third kappa shape index (κ3) is 11.3. The quantitative estimate of drug-likeness (QED) is 0.107. The van der Waals surface area contributed by atoms with E-state index in [1.54, 1.807) is 9.13 Å². The molecule has 0 aliphatic carbocycles. The summed E-state index contributed by atoms with van der Waals surface area (Å²) in [5.74, 6) is -0.229. The van der Waals surface area contributed by atoms with Crippen LogP contribution in [0.2, 0.25) is 0 Å². The highest BCUT2D eigenvalue weighted by Crippen LogP contribution is 2.23. The Morgan fingerprint density at radius 1 is 0.723 bits per heavy atom. The number of carbonyl (C=O) groups is 2. The molecular weight excluding hydrogens is 592 g/mol. The molecule has 0 saturated carbocycles. The Bertz CT molecular complexity index is 1580. The van der Waals surface area contributed by atoms with Crippen molar-refractivity contribution < 1.29 is 9.59 Å². The molecule has 0 aliphatic rings. The number of nitrogens with two attached hydrogens (primary N) is 5. The number of aliphatic imine (C=N–C) groups is 1. The zero-order valence-electron chi connectivity index (χ0n) is 29.0. The SMILES string of the molecule is CC.CN(C)CCc1cn(C(=O)C(N)CCN)c2ccccc12.CN(C)CCc1cn(C(=O)C(N)CCN=C(N)N)c2ccccc12. The van der Waals surface area contributed by atoms with Crippen LogP contribution in [0.5, 0.6) is 0 Å². The van der Waals surface area contributed by atoms with Gasteiger partial charge in [0.1, 0.15) is 0 Å². The number of para-hydroxylation sites is 2. The van der Waals surface area contributed by atoms with Gasteiger partial charge in [-0.1, -0.05) is 50.2 Å². The predicted molar refractivity (Wildman–Crippen MR) is 196 cm³/mol. The number of rotatable bonds is 13. The lowest BCUT2D eigenvalue weighted by Gasteiger charge is -2.11. The Hall–Kier alpha value is -4.07. The highest BCUT2D eigenvalue weighted by molar-refractivity contribution is 5.97. The van der Waals surface area contributed by atoms with E-state index in [0.29, 0.717) is 25.9 Å². The Labute approximate surface area is 279 Å². The Balaban J connectivity index is 0.000000313. The van der Waals surface area contributed by atoms with Gasteiger partial charge in [-0.05, 0) is 83.7 Å². The van der Waals surface area contributed by atoms with Crippen LogP contribution in [0, 0.1) is 0 Å². The van der Waals surface area contributed by atoms with Crippen molar-refractivity contribution in [1.82, 2.24) is 18.9 Å². The summed E-state index contributed by atoms with van der Waals surface area (Å²) in [6, 6.07) is 14.6. The van der Waals surface area contributed by atoms with Crippen molar-refractivity contribution in [3.8, 4) is 0 Å². The second-order valence-electron chi connectivity index (χ2n) is 11.8. The topological polar surface area (TPSA) is 193 Å². The minimum absolute atomic E-state index is 0.00651. The molecule has 2 atom stereocenters. The molecule has 2 heterocycles. The first-order valence-electron chi connectivity index (χ1n) is 16.3. The van der Waals surface area contributed by atoms with Gasteiger partial charge >= 0.3 is 0 Å². The first-order chi connectivity index (χ1) is 22.4. The van der Waals surface area contributed by atoms with Crippen molar-refractivity contribution in [2.75, 3.05) is 54.4 Å². The number of fused-ring (bicyclic) bond motifs is 2. The average Bonchev–Trinajstić information content (AvgIpc) is 3.62. The largest absolute Gasteiger partial charge is 0.370 e. The van der Waals surface area contributed by atoms with Gasteiger partial charge in [0.15, 0.2) is 5.96 Å². The lowest BCUT2D eigenvalue weighted by molar-refractivity contribution is 0.0874. The van der Waals surface area contributed by atoms with E-state index in [4.69, 9.17) is 28.7 Å². The first kappa shape index (κ1) is 39.1. The molecule has 0 radical (unpaired) electrons. The minimum Gasteiger partial charge on any atom is -0.370 e. The maximum absolute atomic E-state index is 12.7. The molecule has 12 heteroatoms. The Kier molecular flexibility index (Phi) is 16.3. The van der Waals surface area contributed by atoms with Crippen LogP contribution < -0.4 is 28.7 Å². The van der Waals surface area contributed by atoms with Crippen LogP contribution in [0.1, 0.15) is 47.4 Å². The molecule has 2 aromatic carbocycles. The van der Waals surface area contributed by atoms with E-state index < -0.39 is 12.1 Å². The van der Waals surface area contributed by atoms with Crippen molar-refractivity contribution in [2.24, 2.45) is 33.7 Å². The fraction of sp³-hybridized carbons (Fsp3) is 0.457. The smallest absolute Gasteiger partial charge is 0.248 e. The molecule has 4 rings (SSSR count). The summed E-state index contributed by atoms with van der Waals surface area (Å²) >= 11 is 0. The normalized spacial score (nSPS) is 12.3. The lowest BCUT2D eigenvalue weighted by Crippen LogP contribution is -2.36. The number of hydrogen-bond donors (Lipinski definition) is 5. The molecule has 0 aliphatic heterocycles. The number of hydrogen-bond acceptors (Lipinski definition) is 8. The second kappa shape index (κ2) is 19.6. The summed E-state index contributed by atoms with van der Waals surface area (Å²) in [4.78, 5) is 33.3. The summed E-state index contributed by atoms with van der Waals surface area (Å²) in [6.07, 6.45) is 6.50. The molecule has 0 fully saturated rings. The van der Waals surface area contributed by atoms with Crippen LogP contribution in [0.15, 0.2) is 65.9 Å². The molecule has 10 N–H and O–H groups in total. The molecule has 0 spiro atoms. The molecule has 258 valence electrons. The Morgan fingerprint density at radius 3 is 1.51 bits per heavy atom. The molecule has 47 heavy (non-hydrogen) atoms. The van der Waals surface area contributed by atoms with Gasteiger partial charge < -0.3 is 38.5 Å². The summed E-state index contributed by atoms with van der Waals surface area (Å²) < 4.78 is 3.33. The number of aromatic nitrogens is 2. The monoisotopic (exact) mass is 648 g/mol. The molecule has 4 aromatic rings. The number of carbonyl (C=O) groups excluding carboxylic acids is 2. The first-order valence-corrected chi connectivity index (χ1v) is 16.3. The predicted octanol–water partition coefficient (Wildman–Crippen LogP) is 2.46. The maximum Gasteiger partial charge on any atom is 0.248 e. The molecule has 0 bridgehead atoms. The lowest BCUT2D eigenvalue weighted by atomic mass is 10.1. The van der Waals surface area contributed by atoms with E-state index in [9.17, 15) is 9.59 Å². The fourth-order valence-electron chi connectivity index (χ4n) is 5.07. The summed E-state index contributed by atoms with van der Waals surface area (Å²) in [6.45, 7) is 6.61. The van der Waals surface area contributed by atoms with Crippen molar-refractivity contribution >= 4 is 39.6 Å². The number of nitrogens with zero attached hydrogens (tertiary/aromatic N) is 5. The number of likely N-dealkylation sites (N-methyl/N-ethyl adjacent to an activating group) is 2. The summed E-state index contributed by atoms with van der Waals surface area (Å²) in [5.41, 5.74) is 32.2. The number of benzene rings is 2. The fourth-order valence-corrected chi connectivity index (χ4v) is 5.07. The summed E-state index contributed by atoms with van der Waals surface area (Å²) in [7, 11) is 8.15. The summed E-state index contributed by atoms with van der Waals surface area (Å²) in [5, 5.41) is 2.21. The van der Waals surface area contributed by atoms with E-state index >= 15 is 0 Å². The van der Waals surface area contributed by atoms with Crippen molar-refractivity contribution in [1.29, 1.82) is 0 Å². The van der Waals surface area contributed by atoms with Gasteiger partial charge in [0.25, 0.3) is 0 Å². The highest BCUT2D eigenvalue weighted by Gasteiger charge is 2.20. The maximum atomic E-state index is 12.7. The molecular formula is C35H56N10O2. The van der Waals surface area contributed by atoms with Gasteiger partial charge in [-0.3, -0.25) is 23.7 Å².